The Morgan fingerprint density at radius 1 is 1.67 bits per heavy atom. The van der Waals surface area contributed by atoms with E-state index in [9.17, 15) is 4.79 Å². The number of nitrogens with zero attached hydrogens (tertiary/aromatic N) is 2. The van der Waals surface area contributed by atoms with Crippen LogP contribution in [0.2, 0.25) is 0 Å². The largest absolute Gasteiger partial charge is 0.467 e. The lowest BCUT2D eigenvalue weighted by molar-refractivity contribution is -0.141. The quantitative estimate of drug-likeness (QED) is 0.602. The van der Waals surface area contributed by atoms with Crippen molar-refractivity contribution < 1.29 is 9.53 Å². The molecule has 0 aromatic carbocycles. The molecular weight excluding hydrogens is 252 g/mol. The van der Waals surface area contributed by atoms with Crippen molar-refractivity contribution in [2.24, 2.45) is 5.73 Å². The molecule has 0 saturated carbocycles. The molecule has 0 aliphatic rings. The van der Waals surface area contributed by atoms with Gasteiger partial charge in [0.2, 0.25) is 0 Å². The second-order valence-electron chi connectivity index (χ2n) is 3.67. The fourth-order valence-corrected chi connectivity index (χ4v) is 1.54. The first kappa shape index (κ1) is 14.3. The number of carbonyl (C=O) groups excluding carboxylic acids is 1. The molecule has 1 rings (SSSR count). The van der Waals surface area contributed by atoms with Gasteiger partial charge in [-0.3, -0.25) is 0 Å². The van der Waals surface area contributed by atoms with Gasteiger partial charge in [0.15, 0.2) is 0 Å². The molecule has 0 aliphatic carbocycles. The summed E-state index contributed by atoms with van der Waals surface area (Å²) in [5.74, 6) is 0.659. The molecule has 6 nitrogen and oxygen atoms in total. The van der Waals surface area contributed by atoms with Crippen LogP contribution in [0.1, 0.15) is 24.7 Å². The summed E-state index contributed by atoms with van der Waals surface area (Å²) in [7, 11) is 1.34. The molecule has 1 heterocycles. The van der Waals surface area contributed by atoms with Gasteiger partial charge in [-0.1, -0.05) is 19.1 Å². The minimum atomic E-state index is -0.489. The van der Waals surface area contributed by atoms with E-state index in [2.05, 4.69) is 15.3 Å². The first-order chi connectivity index (χ1) is 8.49. The summed E-state index contributed by atoms with van der Waals surface area (Å²) in [6.45, 7) is 3.61. The van der Waals surface area contributed by atoms with Gasteiger partial charge in [0.05, 0.1) is 12.7 Å². The van der Waals surface area contributed by atoms with Crippen LogP contribution in [0.25, 0.3) is 0 Å². The minimum absolute atomic E-state index is 0.178. The van der Waals surface area contributed by atoms with E-state index in [-0.39, 0.29) is 11.0 Å². The van der Waals surface area contributed by atoms with Gasteiger partial charge < -0.3 is 15.8 Å². The van der Waals surface area contributed by atoms with E-state index >= 15 is 0 Å². The van der Waals surface area contributed by atoms with Crippen molar-refractivity contribution in [3.63, 3.8) is 0 Å². The molecule has 0 saturated heterocycles. The van der Waals surface area contributed by atoms with Gasteiger partial charge in [-0.15, -0.1) is 0 Å². The SMILES string of the molecule is CCC(Nc1nc(C)ncc1C(N)=S)C(=O)OC. The second kappa shape index (κ2) is 6.25. The molecule has 0 spiro atoms. The van der Waals surface area contributed by atoms with E-state index in [1.165, 1.54) is 13.3 Å². The third-order valence-corrected chi connectivity index (χ3v) is 2.60. The van der Waals surface area contributed by atoms with Crippen molar-refractivity contribution in [1.29, 1.82) is 0 Å². The summed E-state index contributed by atoms with van der Waals surface area (Å²) >= 11 is 4.92. The number of anilines is 1. The van der Waals surface area contributed by atoms with Gasteiger partial charge in [-0.2, -0.15) is 0 Å². The number of ether oxygens (including phenoxy) is 1. The number of carbonyl (C=O) groups is 1. The number of aryl methyl sites for hydroxylation is 1. The van der Waals surface area contributed by atoms with Crippen LogP contribution in [-0.4, -0.2) is 34.1 Å². The van der Waals surface area contributed by atoms with Crippen molar-refractivity contribution in [3.05, 3.63) is 17.6 Å². The maximum absolute atomic E-state index is 11.5. The fraction of sp³-hybridized carbons (Fsp3) is 0.455. The van der Waals surface area contributed by atoms with Gasteiger partial charge in [0.25, 0.3) is 0 Å². The smallest absolute Gasteiger partial charge is 0.328 e. The van der Waals surface area contributed by atoms with Crippen LogP contribution in [0.4, 0.5) is 5.82 Å². The number of aromatic nitrogens is 2. The van der Waals surface area contributed by atoms with Crippen molar-refractivity contribution >= 4 is 29.0 Å². The Hall–Kier alpha value is -1.76. The molecular formula is C11H16N4O2S. The molecule has 1 atom stereocenters. The fourth-order valence-electron chi connectivity index (χ4n) is 1.40. The molecule has 98 valence electrons. The van der Waals surface area contributed by atoms with Gasteiger partial charge >= 0.3 is 5.97 Å². The summed E-state index contributed by atoms with van der Waals surface area (Å²) in [6.07, 6.45) is 2.10. The highest BCUT2D eigenvalue weighted by atomic mass is 32.1. The van der Waals surface area contributed by atoms with E-state index in [1.54, 1.807) is 6.92 Å². The lowest BCUT2D eigenvalue weighted by Crippen LogP contribution is -2.31. The maximum atomic E-state index is 11.5. The van der Waals surface area contributed by atoms with Crippen LogP contribution in [0.3, 0.4) is 0 Å². The van der Waals surface area contributed by atoms with Crippen LogP contribution in [-0.2, 0) is 9.53 Å². The van der Waals surface area contributed by atoms with Gasteiger partial charge in [0, 0.05) is 6.20 Å². The molecule has 0 fully saturated rings. The summed E-state index contributed by atoms with van der Waals surface area (Å²) < 4.78 is 4.70. The molecule has 18 heavy (non-hydrogen) atoms. The van der Waals surface area contributed by atoms with E-state index in [0.29, 0.717) is 23.6 Å². The van der Waals surface area contributed by atoms with Crippen molar-refractivity contribution in [2.75, 3.05) is 12.4 Å². The second-order valence-corrected chi connectivity index (χ2v) is 4.11. The summed E-state index contributed by atoms with van der Waals surface area (Å²) in [6, 6.07) is -0.489. The average molecular weight is 268 g/mol. The van der Waals surface area contributed by atoms with Crippen molar-refractivity contribution in [1.82, 2.24) is 9.97 Å². The molecule has 0 radical (unpaired) electrons. The Bertz CT molecular complexity index is 464. The molecule has 0 aliphatic heterocycles. The number of esters is 1. The number of methoxy groups -OCH3 is 1. The van der Waals surface area contributed by atoms with Crippen LogP contribution in [0.15, 0.2) is 6.20 Å². The summed E-state index contributed by atoms with van der Waals surface area (Å²) in [5, 5.41) is 2.98. The summed E-state index contributed by atoms with van der Waals surface area (Å²) in [5.41, 5.74) is 6.10. The molecule has 0 amide bonds. The standard InChI is InChI=1S/C11H16N4O2S/c1-4-8(11(16)17-3)15-10-7(9(12)18)5-13-6(2)14-10/h5,8H,4H2,1-3H3,(H2,12,18)(H,13,14,15). The van der Waals surface area contributed by atoms with Crippen molar-refractivity contribution in [2.45, 2.75) is 26.3 Å². The Kier molecular flexibility index (Phi) is 4.96. The van der Waals surface area contributed by atoms with E-state index in [1.807, 2.05) is 6.92 Å². The van der Waals surface area contributed by atoms with E-state index < -0.39 is 6.04 Å². The first-order valence-electron chi connectivity index (χ1n) is 5.47. The average Bonchev–Trinajstić information content (AvgIpc) is 2.34. The summed E-state index contributed by atoms with van der Waals surface area (Å²) in [4.78, 5) is 19.9. The van der Waals surface area contributed by atoms with E-state index in [4.69, 9.17) is 22.7 Å². The van der Waals surface area contributed by atoms with Crippen molar-refractivity contribution in [3.8, 4) is 0 Å². The van der Waals surface area contributed by atoms with Gasteiger partial charge in [0.1, 0.15) is 22.7 Å². The third-order valence-electron chi connectivity index (χ3n) is 2.38. The lowest BCUT2D eigenvalue weighted by Gasteiger charge is -2.17. The van der Waals surface area contributed by atoms with E-state index in [0.717, 1.165) is 0 Å². The zero-order valence-corrected chi connectivity index (χ0v) is 11.4. The third kappa shape index (κ3) is 3.36. The first-order valence-corrected chi connectivity index (χ1v) is 5.88. The van der Waals surface area contributed by atoms with Crippen LogP contribution >= 0.6 is 12.2 Å². The lowest BCUT2D eigenvalue weighted by atomic mass is 10.2. The highest BCUT2D eigenvalue weighted by molar-refractivity contribution is 7.80. The number of nitrogens with one attached hydrogen (secondary N) is 1. The van der Waals surface area contributed by atoms with Crippen LogP contribution < -0.4 is 11.1 Å². The number of rotatable bonds is 5. The highest BCUT2D eigenvalue weighted by Gasteiger charge is 2.19. The topological polar surface area (TPSA) is 90.1 Å². The Labute approximate surface area is 111 Å². The maximum Gasteiger partial charge on any atom is 0.328 e. The molecule has 1 aromatic rings. The normalized spacial score (nSPS) is 11.7. The monoisotopic (exact) mass is 268 g/mol. The predicted octanol–water partition coefficient (Wildman–Crippen LogP) is 0.783. The predicted molar refractivity (Wildman–Crippen MR) is 72.4 cm³/mol. The number of thiocarbonyl (C=S) groups is 1. The molecule has 1 unspecified atom stereocenters. The number of hydrogen-bond donors (Lipinski definition) is 2. The molecule has 1 aromatic heterocycles. The van der Waals surface area contributed by atoms with Crippen LogP contribution in [0, 0.1) is 6.92 Å². The Morgan fingerprint density at radius 3 is 2.83 bits per heavy atom. The van der Waals surface area contributed by atoms with Crippen LogP contribution in [0.5, 0.6) is 0 Å². The molecule has 3 N–H and O–H groups in total. The minimum Gasteiger partial charge on any atom is -0.467 e. The number of hydrogen-bond acceptors (Lipinski definition) is 6. The Morgan fingerprint density at radius 2 is 2.33 bits per heavy atom. The zero-order chi connectivity index (χ0) is 13.7. The number of nitrogens with two attached hydrogens (primary N) is 1. The zero-order valence-electron chi connectivity index (χ0n) is 10.6. The molecule has 7 heteroatoms. The Balaban J connectivity index is 3.04. The van der Waals surface area contributed by atoms with Gasteiger partial charge in [-0.25, -0.2) is 14.8 Å². The molecule has 0 bridgehead atoms. The van der Waals surface area contributed by atoms with Gasteiger partial charge in [-0.05, 0) is 13.3 Å². The highest BCUT2D eigenvalue weighted by Crippen LogP contribution is 2.14.